The molecule has 0 heterocycles. The molecular formula is C18H18ClNO2. The summed E-state index contributed by atoms with van der Waals surface area (Å²) in [4.78, 5) is 0. The van der Waals surface area contributed by atoms with Crippen LogP contribution in [0.4, 0.5) is 0 Å². The fourth-order valence-corrected chi connectivity index (χ4v) is 2.06. The van der Waals surface area contributed by atoms with Gasteiger partial charge in [0.25, 0.3) is 0 Å². The molecule has 0 radical (unpaired) electrons. The largest absolute Gasteiger partial charge is 0.493 e. The van der Waals surface area contributed by atoms with E-state index in [1.165, 1.54) is 0 Å². The molecule has 0 aliphatic rings. The van der Waals surface area contributed by atoms with Crippen molar-refractivity contribution in [1.82, 2.24) is 0 Å². The molecule has 0 unspecified atom stereocenters. The molecule has 2 aromatic rings. The maximum absolute atomic E-state index is 5.83. The van der Waals surface area contributed by atoms with Gasteiger partial charge in [-0.05, 0) is 54.9 Å². The molecular weight excluding hydrogens is 298 g/mol. The number of rotatable bonds is 5. The van der Waals surface area contributed by atoms with E-state index in [-0.39, 0.29) is 6.61 Å². The Morgan fingerprint density at radius 3 is 2.55 bits per heavy atom. The molecule has 0 atom stereocenters. The van der Waals surface area contributed by atoms with Crippen LogP contribution in [-0.4, -0.2) is 20.3 Å². The van der Waals surface area contributed by atoms with Gasteiger partial charge in [-0.1, -0.05) is 29.5 Å². The van der Waals surface area contributed by atoms with Crippen LogP contribution in [0.3, 0.4) is 0 Å². The molecule has 0 amide bonds. The van der Waals surface area contributed by atoms with Crippen LogP contribution in [0.25, 0.3) is 0 Å². The van der Waals surface area contributed by atoms with Gasteiger partial charge in [-0.25, -0.2) is 0 Å². The predicted octanol–water partition coefficient (Wildman–Crippen LogP) is 3.28. The van der Waals surface area contributed by atoms with Crippen molar-refractivity contribution in [3.8, 4) is 23.3 Å². The third kappa shape index (κ3) is 4.70. The van der Waals surface area contributed by atoms with E-state index >= 15 is 0 Å². The number of hydrogen-bond donors (Lipinski definition) is 1. The standard InChI is InChI=1S/C18H18ClNO2/c1-21-18-13-15(10-11-20)6-9-17(18)22-12-2-3-14-4-7-16(19)8-5-14/h4-9,13H,10-12,20H2,1H3. The summed E-state index contributed by atoms with van der Waals surface area (Å²) in [5.41, 5.74) is 7.58. The van der Waals surface area contributed by atoms with E-state index in [0.717, 1.165) is 17.5 Å². The zero-order valence-corrected chi connectivity index (χ0v) is 13.2. The van der Waals surface area contributed by atoms with Crippen LogP contribution in [0.2, 0.25) is 5.02 Å². The molecule has 4 heteroatoms. The predicted molar refractivity (Wildman–Crippen MR) is 89.6 cm³/mol. The van der Waals surface area contributed by atoms with Gasteiger partial charge in [-0.2, -0.15) is 0 Å². The monoisotopic (exact) mass is 315 g/mol. The Morgan fingerprint density at radius 1 is 1.09 bits per heavy atom. The van der Waals surface area contributed by atoms with Crippen LogP contribution in [0.5, 0.6) is 11.5 Å². The van der Waals surface area contributed by atoms with Crippen LogP contribution >= 0.6 is 11.6 Å². The van der Waals surface area contributed by atoms with Gasteiger partial charge in [0.1, 0.15) is 6.61 Å². The van der Waals surface area contributed by atoms with E-state index in [4.69, 9.17) is 26.8 Å². The molecule has 0 fully saturated rings. The quantitative estimate of drug-likeness (QED) is 0.861. The van der Waals surface area contributed by atoms with Gasteiger partial charge in [0, 0.05) is 10.6 Å². The lowest BCUT2D eigenvalue weighted by Crippen LogP contribution is -2.03. The zero-order chi connectivity index (χ0) is 15.8. The third-order valence-corrected chi connectivity index (χ3v) is 3.29. The molecule has 0 bridgehead atoms. The van der Waals surface area contributed by atoms with Crippen molar-refractivity contribution in [3.05, 3.63) is 58.6 Å². The van der Waals surface area contributed by atoms with Gasteiger partial charge in [0.2, 0.25) is 0 Å². The second-order valence-corrected chi connectivity index (χ2v) is 5.06. The Morgan fingerprint density at radius 2 is 1.86 bits per heavy atom. The van der Waals surface area contributed by atoms with Crippen LogP contribution < -0.4 is 15.2 Å². The summed E-state index contributed by atoms with van der Waals surface area (Å²) >= 11 is 5.83. The summed E-state index contributed by atoms with van der Waals surface area (Å²) in [5, 5.41) is 0.698. The van der Waals surface area contributed by atoms with E-state index in [9.17, 15) is 0 Å². The number of methoxy groups -OCH3 is 1. The highest BCUT2D eigenvalue weighted by molar-refractivity contribution is 6.30. The molecule has 0 aromatic heterocycles. The highest BCUT2D eigenvalue weighted by atomic mass is 35.5. The lowest BCUT2D eigenvalue weighted by molar-refractivity contribution is 0.330. The minimum absolute atomic E-state index is 0.287. The van der Waals surface area contributed by atoms with Crippen LogP contribution in [0.1, 0.15) is 11.1 Å². The van der Waals surface area contributed by atoms with E-state index < -0.39 is 0 Å². The first-order valence-electron chi connectivity index (χ1n) is 6.97. The summed E-state index contributed by atoms with van der Waals surface area (Å²) < 4.78 is 11.0. The highest BCUT2D eigenvalue weighted by Crippen LogP contribution is 2.28. The molecule has 2 N–H and O–H groups in total. The molecule has 2 aromatic carbocycles. The Bertz CT molecular complexity index is 672. The Balaban J connectivity index is 1.98. The van der Waals surface area contributed by atoms with Gasteiger partial charge < -0.3 is 15.2 Å². The van der Waals surface area contributed by atoms with E-state index in [1.54, 1.807) is 7.11 Å². The summed E-state index contributed by atoms with van der Waals surface area (Å²) in [7, 11) is 1.62. The first-order valence-corrected chi connectivity index (χ1v) is 7.35. The van der Waals surface area contributed by atoms with Gasteiger partial charge in [0.15, 0.2) is 11.5 Å². The fraction of sp³-hybridized carbons (Fsp3) is 0.222. The Kier molecular flexibility index (Phi) is 6.14. The SMILES string of the molecule is COc1cc(CCN)ccc1OCC#Cc1ccc(Cl)cc1. The smallest absolute Gasteiger partial charge is 0.162 e. The van der Waals surface area contributed by atoms with Crippen molar-refractivity contribution < 1.29 is 9.47 Å². The van der Waals surface area contributed by atoms with Gasteiger partial charge in [-0.15, -0.1) is 0 Å². The van der Waals surface area contributed by atoms with Crippen molar-refractivity contribution in [2.24, 2.45) is 5.73 Å². The molecule has 2 rings (SSSR count). The molecule has 0 aliphatic carbocycles. The second-order valence-electron chi connectivity index (χ2n) is 4.62. The maximum atomic E-state index is 5.83. The van der Waals surface area contributed by atoms with Crippen molar-refractivity contribution in [1.29, 1.82) is 0 Å². The summed E-state index contributed by atoms with van der Waals surface area (Å²) in [6.07, 6.45) is 0.813. The van der Waals surface area contributed by atoms with Crippen LogP contribution in [0.15, 0.2) is 42.5 Å². The van der Waals surface area contributed by atoms with Crippen molar-refractivity contribution in [2.45, 2.75) is 6.42 Å². The van der Waals surface area contributed by atoms with Crippen molar-refractivity contribution in [3.63, 3.8) is 0 Å². The third-order valence-electron chi connectivity index (χ3n) is 3.04. The average molecular weight is 316 g/mol. The van der Waals surface area contributed by atoms with E-state index in [1.807, 2.05) is 42.5 Å². The van der Waals surface area contributed by atoms with Crippen molar-refractivity contribution >= 4 is 11.6 Å². The normalized spacial score (nSPS) is 9.77. The molecule has 3 nitrogen and oxygen atoms in total. The molecule has 0 aliphatic heterocycles. The summed E-state index contributed by atoms with van der Waals surface area (Å²) in [6.45, 7) is 0.894. The Hall–Kier alpha value is -2.15. The molecule has 0 saturated carbocycles. The van der Waals surface area contributed by atoms with Gasteiger partial charge in [-0.3, -0.25) is 0 Å². The van der Waals surface area contributed by atoms with E-state index in [0.29, 0.717) is 23.1 Å². The Labute approximate surface area is 136 Å². The average Bonchev–Trinajstić information content (AvgIpc) is 2.54. The van der Waals surface area contributed by atoms with Gasteiger partial charge in [0.05, 0.1) is 7.11 Å². The first-order chi connectivity index (χ1) is 10.7. The molecule has 0 saturated heterocycles. The topological polar surface area (TPSA) is 44.5 Å². The zero-order valence-electron chi connectivity index (χ0n) is 12.4. The van der Waals surface area contributed by atoms with Gasteiger partial charge >= 0.3 is 0 Å². The number of nitrogens with two attached hydrogens (primary N) is 1. The number of benzene rings is 2. The lowest BCUT2D eigenvalue weighted by atomic mass is 10.1. The second kappa shape index (κ2) is 8.33. The maximum Gasteiger partial charge on any atom is 0.162 e. The van der Waals surface area contributed by atoms with Crippen LogP contribution in [0, 0.1) is 11.8 Å². The molecule has 0 spiro atoms. The molecule has 114 valence electrons. The number of halogens is 1. The lowest BCUT2D eigenvalue weighted by Gasteiger charge is -2.10. The highest BCUT2D eigenvalue weighted by Gasteiger charge is 2.04. The summed E-state index contributed by atoms with van der Waals surface area (Å²) in [5.74, 6) is 7.36. The minimum atomic E-state index is 0.287. The fourth-order valence-electron chi connectivity index (χ4n) is 1.94. The van der Waals surface area contributed by atoms with Crippen molar-refractivity contribution in [2.75, 3.05) is 20.3 Å². The molecule has 22 heavy (non-hydrogen) atoms. The number of ether oxygens (including phenoxy) is 2. The summed E-state index contributed by atoms with van der Waals surface area (Å²) in [6, 6.07) is 13.2. The number of hydrogen-bond acceptors (Lipinski definition) is 3. The minimum Gasteiger partial charge on any atom is -0.493 e. The first kappa shape index (κ1) is 16.2. The van der Waals surface area contributed by atoms with Crippen LogP contribution in [-0.2, 0) is 6.42 Å². The van der Waals surface area contributed by atoms with E-state index in [2.05, 4.69) is 11.8 Å².